The first kappa shape index (κ1) is 21.1. The lowest BCUT2D eigenvalue weighted by Crippen LogP contribution is -2.15. The molecular weight excluding hydrogens is 412 g/mol. The van der Waals surface area contributed by atoms with E-state index < -0.39 is 16.0 Å². The van der Waals surface area contributed by atoms with Crippen molar-refractivity contribution in [3.63, 3.8) is 0 Å². The fourth-order valence-corrected chi connectivity index (χ4v) is 4.04. The van der Waals surface area contributed by atoms with Crippen LogP contribution in [0.15, 0.2) is 46.2 Å². The summed E-state index contributed by atoms with van der Waals surface area (Å²) in [5.41, 5.74) is 0.568. The molecule has 0 aliphatic heterocycles. The molecule has 0 saturated heterocycles. The molecule has 7 nitrogen and oxygen atoms in total. The van der Waals surface area contributed by atoms with Gasteiger partial charge in [-0.3, -0.25) is 9.52 Å². The molecule has 0 unspecified atom stereocenters. The zero-order valence-electron chi connectivity index (χ0n) is 14.7. The van der Waals surface area contributed by atoms with Crippen molar-refractivity contribution < 1.29 is 22.7 Å². The quantitative estimate of drug-likeness (QED) is 0.538. The Labute approximate surface area is 166 Å². The molecule has 0 aliphatic rings. The lowest BCUT2D eigenvalue weighted by molar-refractivity contribution is -0.114. The number of halogens is 1. The van der Waals surface area contributed by atoms with E-state index in [0.717, 1.165) is 4.90 Å². The molecule has 0 aliphatic carbocycles. The van der Waals surface area contributed by atoms with Crippen LogP contribution in [0.25, 0.3) is 0 Å². The first-order chi connectivity index (χ1) is 12.7. The second-order valence-corrected chi connectivity index (χ2v) is 8.27. The second kappa shape index (κ2) is 8.64. The van der Waals surface area contributed by atoms with Crippen molar-refractivity contribution in [1.29, 1.82) is 0 Å². The predicted molar refractivity (Wildman–Crippen MR) is 106 cm³/mol. The summed E-state index contributed by atoms with van der Waals surface area (Å²) in [5, 5.41) is 2.72. The molecule has 0 atom stereocenters. The van der Waals surface area contributed by atoms with E-state index in [2.05, 4.69) is 14.8 Å². The van der Waals surface area contributed by atoms with Crippen LogP contribution in [0.1, 0.15) is 17.3 Å². The number of anilines is 2. The number of sulfonamides is 1. The zero-order chi connectivity index (χ0) is 20.2. The molecule has 0 spiro atoms. The highest BCUT2D eigenvalue weighted by molar-refractivity contribution is 7.98. The minimum atomic E-state index is -4.02. The third-order valence-electron chi connectivity index (χ3n) is 3.42. The van der Waals surface area contributed by atoms with Gasteiger partial charge in [0.05, 0.1) is 34.0 Å². The van der Waals surface area contributed by atoms with E-state index in [0.29, 0.717) is 5.69 Å². The molecular formula is C17H17ClN2O5S2. The van der Waals surface area contributed by atoms with E-state index >= 15 is 0 Å². The van der Waals surface area contributed by atoms with E-state index in [9.17, 15) is 18.0 Å². The van der Waals surface area contributed by atoms with Crippen LogP contribution < -0.4 is 10.0 Å². The number of ether oxygens (including phenoxy) is 1. The molecule has 2 rings (SSSR count). The van der Waals surface area contributed by atoms with Gasteiger partial charge < -0.3 is 10.1 Å². The number of carbonyl (C=O) groups is 2. The van der Waals surface area contributed by atoms with Crippen LogP contribution in [0.3, 0.4) is 0 Å². The van der Waals surface area contributed by atoms with Crippen molar-refractivity contribution in [2.24, 2.45) is 0 Å². The van der Waals surface area contributed by atoms with Gasteiger partial charge in [-0.05, 0) is 42.7 Å². The van der Waals surface area contributed by atoms with Gasteiger partial charge in [0.2, 0.25) is 5.91 Å². The number of hydrogen-bond donors (Lipinski definition) is 2. The zero-order valence-corrected chi connectivity index (χ0v) is 17.1. The van der Waals surface area contributed by atoms with E-state index in [1.54, 1.807) is 6.07 Å². The molecule has 1 amide bonds. The standard InChI is InChI=1S/C17H17ClN2O5S2/c1-10(21)19-15-9-12(5-7-16(15)26-3)27(23,24)20-14-8-11(17(22)25-2)4-6-13(14)18/h4-9,20H,1-3H3,(H,19,21). The number of rotatable bonds is 6. The average Bonchev–Trinajstić information content (AvgIpc) is 2.62. The van der Waals surface area contributed by atoms with Gasteiger partial charge in [0.15, 0.2) is 0 Å². The summed E-state index contributed by atoms with van der Waals surface area (Å²) in [6.45, 7) is 1.33. The van der Waals surface area contributed by atoms with Gasteiger partial charge in [-0.2, -0.15) is 0 Å². The number of esters is 1. The Balaban J connectivity index is 2.42. The minimum absolute atomic E-state index is 0.0367. The van der Waals surface area contributed by atoms with Gasteiger partial charge in [-0.1, -0.05) is 11.6 Å². The first-order valence-electron chi connectivity index (χ1n) is 7.54. The third-order valence-corrected chi connectivity index (χ3v) is 5.91. The van der Waals surface area contributed by atoms with E-state index in [1.807, 2.05) is 6.26 Å². The molecule has 0 saturated carbocycles. The van der Waals surface area contributed by atoms with Crippen LogP contribution >= 0.6 is 23.4 Å². The number of hydrogen-bond acceptors (Lipinski definition) is 6. The van der Waals surface area contributed by atoms with E-state index in [4.69, 9.17) is 11.6 Å². The molecule has 0 fully saturated rings. The van der Waals surface area contributed by atoms with Crippen LogP contribution in [0.5, 0.6) is 0 Å². The molecule has 2 aromatic rings. The van der Waals surface area contributed by atoms with Crippen molar-refractivity contribution >= 4 is 56.6 Å². The highest BCUT2D eigenvalue weighted by atomic mass is 35.5. The lowest BCUT2D eigenvalue weighted by Gasteiger charge is -2.13. The highest BCUT2D eigenvalue weighted by Crippen LogP contribution is 2.30. The van der Waals surface area contributed by atoms with Crippen LogP contribution in [0.4, 0.5) is 11.4 Å². The summed E-state index contributed by atoms with van der Waals surface area (Å²) in [5.74, 6) is -0.939. The lowest BCUT2D eigenvalue weighted by atomic mass is 10.2. The topological polar surface area (TPSA) is 102 Å². The molecule has 2 N–H and O–H groups in total. The summed E-state index contributed by atoms with van der Waals surface area (Å²) in [7, 11) is -2.80. The van der Waals surface area contributed by atoms with Crippen molar-refractivity contribution in [1.82, 2.24) is 0 Å². The van der Waals surface area contributed by atoms with Gasteiger partial charge in [-0.25, -0.2) is 13.2 Å². The van der Waals surface area contributed by atoms with Gasteiger partial charge >= 0.3 is 5.97 Å². The Bertz CT molecular complexity index is 993. The average molecular weight is 429 g/mol. The van der Waals surface area contributed by atoms with Crippen molar-refractivity contribution in [2.75, 3.05) is 23.4 Å². The Morgan fingerprint density at radius 2 is 1.81 bits per heavy atom. The normalized spacial score (nSPS) is 11.0. The largest absolute Gasteiger partial charge is 0.465 e. The maximum absolute atomic E-state index is 12.7. The Kier molecular flexibility index (Phi) is 6.74. The summed E-state index contributed by atoms with van der Waals surface area (Å²) in [6.07, 6.45) is 1.81. The molecule has 2 aromatic carbocycles. The summed E-state index contributed by atoms with van der Waals surface area (Å²) in [6, 6.07) is 8.47. The summed E-state index contributed by atoms with van der Waals surface area (Å²) >= 11 is 7.41. The van der Waals surface area contributed by atoms with E-state index in [-0.39, 0.29) is 27.1 Å². The van der Waals surface area contributed by atoms with Crippen molar-refractivity contribution in [3.8, 4) is 0 Å². The molecule has 27 heavy (non-hydrogen) atoms. The Morgan fingerprint density at radius 3 is 2.41 bits per heavy atom. The van der Waals surface area contributed by atoms with Gasteiger partial charge in [0.1, 0.15) is 0 Å². The smallest absolute Gasteiger partial charge is 0.337 e. The number of benzene rings is 2. The van der Waals surface area contributed by atoms with E-state index in [1.165, 1.54) is 56.1 Å². The number of thioether (sulfide) groups is 1. The fraction of sp³-hybridized carbons (Fsp3) is 0.176. The molecule has 0 heterocycles. The van der Waals surface area contributed by atoms with Crippen molar-refractivity contribution in [3.05, 3.63) is 47.0 Å². The Morgan fingerprint density at radius 1 is 1.11 bits per heavy atom. The number of methoxy groups -OCH3 is 1. The van der Waals surface area contributed by atoms with Crippen LogP contribution in [0.2, 0.25) is 5.02 Å². The molecule has 10 heteroatoms. The number of carbonyl (C=O) groups excluding carboxylic acids is 2. The summed E-state index contributed by atoms with van der Waals surface area (Å²) in [4.78, 5) is 23.7. The second-order valence-electron chi connectivity index (χ2n) is 5.33. The maximum atomic E-state index is 12.7. The number of nitrogens with one attached hydrogen (secondary N) is 2. The van der Waals surface area contributed by atoms with Crippen LogP contribution in [-0.2, 0) is 19.6 Å². The molecule has 0 radical (unpaired) electrons. The third kappa shape index (κ3) is 5.15. The molecule has 0 aromatic heterocycles. The monoisotopic (exact) mass is 428 g/mol. The highest BCUT2D eigenvalue weighted by Gasteiger charge is 2.19. The SMILES string of the molecule is COC(=O)c1ccc(Cl)c(NS(=O)(=O)c2ccc(SC)c(NC(C)=O)c2)c1. The summed E-state index contributed by atoms with van der Waals surface area (Å²) < 4.78 is 32.4. The van der Waals surface area contributed by atoms with Gasteiger partial charge in [0, 0.05) is 11.8 Å². The minimum Gasteiger partial charge on any atom is -0.465 e. The van der Waals surface area contributed by atoms with Gasteiger partial charge in [0.25, 0.3) is 10.0 Å². The first-order valence-corrected chi connectivity index (χ1v) is 10.6. The molecule has 144 valence electrons. The Hall–Kier alpha value is -2.23. The molecule has 0 bridgehead atoms. The number of amides is 1. The predicted octanol–water partition coefficient (Wildman–Crippen LogP) is 3.61. The maximum Gasteiger partial charge on any atom is 0.337 e. The van der Waals surface area contributed by atoms with Crippen LogP contribution in [-0.4, -0.2) is 33.7 Å². The van der Waals surface area contributed by atoms with Gasteiger partial charge in [-0.15, -0.1) is 11.8 Å². The van der Waals surface area contributed by atoms with Crippen LogP contribution in [0, 0.1) is 0 Å². The van der Waals surface area contributed by atoms with Crippen molar-refractivity contribution in [2.45, 2.75) is 16.7 Å². The fourth-order valence-electron chi connectivity index (χ4n) is 2.19.